The Labute approximate surface area is 111 Å². The van der Waals surface area contributed by atoms with Gasteiger partial charge in [0.05, 0.1) is 5.71 Å². The summed E-state index contributed by atoms with van der Waals surface area (Å²) < 4.78 is 0. The second kappa shape index (κ2) is 7.54. The lowest BCUT2D eigenvalue weighted by Gasteiger charge is -2.28. The number of nitrogens with one attached hydrogen (secondary N) is 3. The first-order valence-corrected chi connectivity index (χ1v) is 6.97. The molecule has 0 spiro atoms. The van der Waals surface area contributed by atoms with Crippen molar-refractivity contribution in [3.8, 4) is 0 Å². The van der Waals surface area contributed by atoms with Crippen molar-refractivity contribution in [3.63, 3.8) is 0 Å². The summed E-state index contributed by atoms with van der Waals surface area (Å²) in [5.74, 6) is 0.395. The van der Waals surface area contributed by atoms with Gasteiger partial charge in [0, 0.05) is 45.0 Å². The van der Waals surface area contributed by atoms with Crippen molar-refractivity contribution >= 4 is 5.71 Å². The second-order valence-electron chi connectivity index (χ2n) is 5.58. The Kier molecular flexibility index (Phi) is 6.36. The monoisotopic (exact) mass is 252 g/mol. The quantitative estimate of drug-likeness (QED) is 0.627. The molecule has 0 amide bonds. The predicted octanol–water partition coefficient (Wildman–Crippen LogP) is 1.45. The SMILES string of the molecule is CC(C)N/C=C(\C(=N)CN1CCNCC1)C(C)C. The summed E-state index contributed by atoms with van der Waals surface area (Å²) in [5.41, 5.74) is 1.88. The van der Waals surface area contributed by atoms with Gasteiger partial charge in [0.1, 0.15) is 0 Å². The minimum absolute atomic E-state index is 0.395. The van der Waals surface area contributed by atoms with Crippen LogP contribution in [0.3, 0.4) is 0 Å². The fourth-order valence-corrected chi connectivity index (χ4v) is 2.04. The standard InChI is InChI=1S/C14H28N4/c1-11(2)13(9-17-12(3)4)14(15)10-18-7-5-16-6-8-18/h9,11-12,15-17H,5-8,10H2,1-4H3/b13-9-,15-14?. The van der Waals surface area contributed by atoms with Crippen LogP contribution in [0.1, 0.15) is 27.7 Å². The van der Waals surface area contributed by atoms with Crippen LogP contribution in [-0.4, -0.2) is 49.4 Å². The molecule has 1 aliphatic rings. The lowest BCUT2D eigenvalue weighted by molar-refractivity contribution is 0.271. The van der Waals surface area contributed by atoms with E-state index in [1.54, 1.807) is 0 Å². The van der Waals surface area contributed by atoms with Crippen LogP contribution in [0, 0.1) is 11.3 Å². The fraction of sp³-hybridized carbons (Fsp3) is 0.786. The van der Waals surface area contributed by atoms with Gasteiger partial charge in [0.2, 0.25) is 0 Å². The molecule has 0 aromatic heterocycles. The van der Waals surface area contributed by atoms with Crippen molar-refractivity contribution in [2.24, 2.45) is 5.92 Å². The van der Waals surface area contributed by atoms with Crippen LogP contribution in [-0.2, 0) is 0 Å². The minimum Gasteiger partial charge on any atom is -0.388 e. The van der Waals surface area contributed by atoms with Crippen LogP contribution in [0.15, 0.2) is 11.8 Å². The Morgan fingerprint density at radius 3 is 2.39 bits per heavy atom. The Morgan fingerprint density at radius 2 is 1.89 bits per heavy atom. The van der Waals surface area contributed by atoms with Gasteiger partial charge in [-0.05, 0) is 25.3 Å². The molecular formula is C14H28N4. The summed E-state index contributed by atoms with van der Waals surface area (Å²) >= 11 is 0. The van der Waals surface area contributed by atoms with Crippen LogP contribution < -0.4 is 10.6 Å². The molecule has 4 heteroatoms. The molecule has 0 unspecified atom stereocenters. The largest absolute Gasteiger partial charge is 0.388 e. The first-order valence-electron chi connectivity index (χ1n) is 6.97. The maximum Gasteiger partial charge on any atom is 0.0503 e. The van der Waals surface area contributed by atoms with E-state index in [9.17, 15) is 0 Å². The molecule has 1 rings (SSSR count). The molecule has 0 aliphatic carbocycles. The lowest BCUT2D eigenvalue weighted by Crippen LogP contribution is -2.45. The van der Waals surface area contributed by atoms with Gasteiger partial charge in [-0.25, -0.2) is 0 Å². The van der Waals surface area contributed by atoms with E-state index < -0.39 is 0 Å². The Hall–Kier alpha value is -0.870. The van der Waals surface area contributed by atoms with Crippen LogP contribution in [0.5, 0.6) is 0 Å². The normalized spacial score (nSPS) is 18.4. The Bertz CT molecular complexity index is 288. The molecule has 3 N–H and O–H groups in total. The first kappa shape index (κ1) is 15.2. The molecule has 4 nitrogen and oxygen atoms in total. The molecular weight excluding hydrogens is 224 g/mol. The Morgan fingerprint density at radius 1 is 1.28 bits per heavy atom. The highest BCUT2D eigenvalue weighted by Crippen LogP contribution is 2.11. The smallest absolute Gasteiger partial charge is 0.0503 e. The van der Waals surface area contributed by atoms with Crippen molar-refractivity contribution in [3.05, 3.63) is 11.8 Å². The van der Waals surface area contributed by atoms with Crippen molar-refractivity contribution in [2.45, 2.75) is 33.7 Å². The highest BCUT2D eigenvalue weighted by molar-refractivity contribution is 5.99. The van der Waals surface area contributed by atoms with E-state index in [1.807, 2.05) is 6.20 Å². The van der Waals surface area contributed by atoms with Gasteiger partial charge in [-0.3, -0.25) is 4.90 Å². The van der Waals surface area contributed by atoms with Gasteiger partial charge in [0.15, 0.2) is 0 Å². The molecule has 0 radical (unpaired) electrons. The lowest BCUT2D eigenvalue weighted by atomic mass is 9.98. The van der Waals surface area contributed by atoms with Crippen molar-refractivity contribution in [1.82, 2.24) is 15.5 Å². The molecule has 1 saturated heterocycles. The summed E-state index contributed by atoms with van der Waals surface area (Å²) in [4.78, 5) is 2.35. The highest BCUT2D eigenvalue weighted by Gasteiger charge is 2.15. The third-order valence-electron chi connectivity index (χ3n) is 3.13. The van der Waals surface area contributed by atoms with Gasteiger partial charge in [0.25, 0.3) is 0 Å². The summed E-state index contributed by atoms with van der Waals surface area (Å²) in [6.45, 7) is 13.5. The molecule has 18 heavy (non-hydrogen) atoms. The summed E-state index contributed by atoms with van der Waals surface area (Å²) in [5, 5.41) is 14.9. The first-order chi connectivity index (χ1) is 8.50. The number of piperazine rings is 1. The zero-order valence-electron chi connectivity index (χ0n) is 12.2. The maximum atomic E-state index is 8.29. The fourth-order valence-electron chi connectivity index (χ4n) is 2.04. The van der Waals surface area contributed by atoms with E-state index in [0.717, 1.165) is 44.0 Å². The predicted molar refractivity (Wildman–Crippen MR) is 78.2 cm³/mol. The van der Waals surface area contributed by atoms with Gasteiger partial charge in [-0.15, -0.1) is 0 Å². The summed E-state index contributed by atoms with van der Waals surface area (Å²) in [6, 6.07) is 0.422. The molecule has 104 valence electrons. The van der Waals surface area contributed by atoms with Crippen LogP contribution in [0.25, 0.3) is 0 Å². The van der Waals surface area contributed by atoms with Crippen molar-refractivity contribution < 1.29 is 0 Å². The van der Waals surface area contributed by atoms with Crippen molar-refractivity contribution in [1.29, 1.82) is 5.41 Å². The molecule has 0 aromatic rings. The van der Waals surface area contributed by atoms with Crippen LogP contribution in [0.2, 0.25) is 0 Å². The Balaban J connectivity index is 2.56. The van der Waals surface area contributed by atoms with Gasteiger partial charge in [-0.1, -0.05) is 13.8 Å². The van der Waals surface area contributed by atoms with Crippen LogP contribution in [0.4, 0.5) is 0 Å². The average Bonchev–Trinajstić information content (AvgIpc) is 2.29. The topological polar surface area (TPSA) is 51.2 Å². The summed E-state index contributed by atoms with van der Waals surface area (Å²) in [6.07, 6.45) is 2.03. The molecule has 0 saturated carbocycles. The van der Waals surface area contributed by atoms with E-state index in [0.29, 0.717) is 12.0 Å². The third kappa shape index (κ3) is 5.19. The number of nitrogens with zero attached hydrogens (tertiary/aromatic N) is 1. The molecule has 1 aliphatic heterocycles. The maximum absolute atomic E-state index is 8.29. The zero-order valence-corrected chi connectivity index (χ0v) is 12.2. The molecule has 1 heterocycles. The molecule has 0 atom stereocenters. The molecule has 0 bridgehead atoms. The average molecular weight is 252 g/mol. The number of rotatable bonds is 6. The van der Waals surface area contributed by atoms with Crippen LogP contribution >= 0.6 is 0 Å². The van der Waals surface area contributed by atoms with E-state index in [4.69, 9.17) is 5.41 Å². The van der Waals surface area contributed by atoms with E-state index in [1.165, 1.54) is 0 Å². The molecule has 1 fully saturated rings. The van der Waals surface area contributed by atoms with E-state index >= 15 is 0 Å². The van der Waals surface area contributed by atoms with Crippen molar-refractivity contribution in [2.75, 3.05) is 32.7 Å². The third-order valence-corrected chi connectivity index (χ3v) is 3.13. The van der Waals surface area contributed by atoms with Gasteiger partial charge >= 0.3 is 0 Å². The molecule has 0 aromatic carbocycles. The summed E-state index contributed by atoms with van der Waals surface area (Å²) in [7, 11) is 0. The second-order valence-corrected chi connectivity index (χ2v) is 5.58. The highest BCUT2D eigenvalue weighted by atomic mass is 15.2. The van der Waals surface area contributed by atoms with Gasteiger partial charge in [-0.2, -0.15) is 0 Å². The number of hydrogen-bond acceptors (Lipinski definition) is 4. The van der Waals surface area contributed by atoms with E-state index in [-0.39, 0.29) is 0 Å². The minimum atomic E-state index is 0.395. The number of hydrogen-bond donors (Lipinski definition) is 3. The van der Waals surface area contributed by atoms with Gasteiger partial charge < -0.3 is 16.0 Å². The zero-order chi connectivity index (χ0) is 13.5. The van der Waals surface area contributed by atoms with E-state index in [2.05, 4.69) is 43.2 Å².